The molecular formula is C55H39N. The zero-order valence-electron chi connectivity index (χ0n) is 31.5. The fourth-order valence-corrected chi connectivity index (χ4v) is 9.30. The molecule has 264 valence electrons. The van der Waals surface area contributed by atoms with Gasteiger partial charge in [0, 0.05) is 22.5 Å². The van der Waals surface area contributed by atoms with Crippen LogP contribution in [0.1, 0.15) is 25.0 Å². The van der Waals surface area contributed by atoms with Crippen molar-refractivity contribution in [1.29, 1.82) is 0 Å². The van der Waals surface area contributed by atoms with Crippen LogP contribution < -0.4 is 4.90 Å². The van der Waals surface area contributed by atoms with Crippen molar-refractivity contribution in [1.82, 2.24) is 0 Å². The number of hydrogen-bond donors (Lipinski definition) is 0. The third kappa shape index (κ3) is 5.16. The van der Waals surface area contributed by atoms with E-state index in [0.29, 0.717) is 0 Å². The minimum atomic E-state index is -0.0904. The van der Waals surface area contributed by atoms with Crippen molar-refractivity contribution >= 4 is 60.2 Å². The number of hydrogen-bond acceptors (Lipinski definition) is 1. The Kier molecular flexibility index (Phi) is 7.28. The van der Waals surface area contributed by atoms with Crippen LogP contribution in [0.15, 0.2) is 200 Å². The molecule has 10 aromatic rings. The van der Waals surface area contributed by atoms with Gasteiger partial charge in [-0.25, -0.2) is 0 Å². The molecule has 0 amide bonds. The van der Waals surface area contributed by atoms with Crippen molar-refractivity contribution in [2.24, 2.45) is 0 Å². The smallest absolute Gasteiger partial charge is 0.0468 e. The Morgan fingerprint density at radius 3 is 1.55 bits per heavy atom. The Labute approximate surface area is 327 Å². The minimum absolute atomic E-state index is 0.0904. The maximum Gasteiger partial charge on any atom is 0.0468 e. The molecule has 0 atom stereocenters. The summed E-state index contributed by atoms with van der Waals surface area (Å²) < 4.78 is 0. The summed E-state index contributed by atoms with van der Waals surface area (Å²) in [5, 5.41) is 9.95. The van der Waals surface area contributed by atoms with Crippen molar-refractivity contribution in [3.8, 4) is 33.4 Å². The van der Waals surface area contributed by atoms with Gasteiger partial charge in [-0.2, -0.15) is 0 Å². The van der Waals surface area contributed by atoms with Gasteiger partial charge in [0.15, 0.2) is 0 Å². The molecule has 10 aromatic carbocycles. The van der Waals surface area contributed by atoms with Gasteiger partial charge in [0.25, 0.3) is 0 Å². The molecule has 0 radical (unpaired) electrons. The lowest BCUT2D eigenvalue weighted by molar-refractivity contribution is 0.660. The van der Waals surface area contributed by atoms with Crippen LogP contribution in [0.4, 0.5) is 17.1 Å². The zero-order chi connectivity index (χ0) is 37.4. The van der Waals surface area contributed by atoms with Gasteiger partial charge >= 0.3 is 0 Å². The third-order valence-corrected chi connectivity index (χ3v) is 12.2. The fourth-order valence-electron chi connectivity index (χ4n) is 9.30. The van der Waals surface area contributed by atoms with Crippen molar-refractivity contribution in [2.75, 3.05) is 4.90 Å². The van der Waals surface area contributed by atoms with Crippen molar-refractivity contribution in [3.05, 3.63) is 211 Å². The first kappa shape index (κ1) is 32.5. The monoisotopic (exact) mass is 713 g/mol. The van der Waals surface area contributed by atoms with Gasteiger partial charge in [-0.15, -0.1) is 0 Å². The average Bonchev–Trinajstić information content (AvgIpc) is 3.48. The molecular weight excluding hydrogens is 675 g/mol. The molecule has 0 saturated heterocycles. The summed E-state index contributed by atoms with van der Waals surface area (Å²) in [6.07, 6.45) is 0. The summed E-state index contributed by atoms with van der Waals surface area (Å²) in [6, 6.07) is 74.1. The highest BCUT2D eigenvalue weighted by molar-refractivity contribution is 6.10. The second kappa shape index (κ2) is 12.5. The predicted molar refractivity (Wildman–Crippen MR) is 240 cm³/mol. The largest absolute Gasteiger partial charge is 0.310 e. The highest BCUT2D eigenvalue weighted by Crippen LogP contribution is 2.51. The second-order valence-electron chi connectivity index (χ2n) is 15.8. The van der Waals surface area contributed by atoms with E-state index in [1.807, 2.05) is 0 Å². The molecule has 0 saturated carbocycles. The Bertz CT molecular complexity index is 3170. The molecule has 0 fully saturated rings. The fraction of sp³-hybridized carbons (Fsp3) is 0.0545. The van der Waals surface area contributed by atoms with Crippen LogP contribution in [0.5, 0.6) is 0 Å². The number of rotatable bonds is 5. The normalized spacial score (nSPS) is 13.0. The first-order valence-corrected chi connectivity index (χ1v) is 19.6. The predicted octanol–water partition coefficient (Wildman–Crippen LogP) is 15.4. The van der Waals surface area contributed by atoms with E-state index in [0.717, 1.165) is 17.1 Å². The van der Waals surface area contributed by atoms with E-state index in [1.54, 1.807) is 0 Å². The van der Waals surface area contributed by atoms with Crippen LogP contribution in [-0.4, -0.2) is 0 Å². The molecule has 1 aliphatic carbocycles. The first-order chi connectivity index (χ1) is 27.5. The lowest BCUT2D eigenvalue weighted by atomic mass is 9.82. The van der Waals surface area contributed by atoms with Crippen LogP contribution in [0.3, 0.4) is 0 Å². The van der Waals surface area contributed by atoms with Gasteiger partial charge in [0.05, 0.1) is 0 Å². The number of nitrogens with zero attached hydrogens (tertiary/aromatic N) is 1. The lowest BCUT2D eigenvalue weighted by Gasteiger charge is -2.28. The van der Waals surface area contributed by atoms with Crippen LogP contribution in [0, 0.1) is 0 Å². The number of anilines is 3. The second-order valence-corrected chi connectivity index (χ2v) is 15.8. The minimum Gasteiger partial charge on any atom is -0.310 e. The molecule has 56 heavy (non-hydrogen) atoms. The molecule has 0 spiro atoms. The van der Waals surface area contributed by atoms with E-state index in [2.05, 4.69) is 219 Å². The van der Waals surface area contributed by atoms with Gasteiger partial charge < -0.3 is 4.90 Å². The lowest BCUT2D eigenvalue weighted by Crippen LogP contribution is -2.16. The molecule has 0 aromatic heterocycles. The van der Waals surface area contributed by atoms with Crippen molar-refractivity contribution in [3.63, 3.8) is 0 Å². The number of fused-ring (bicyclic) bond motifs is 8. The van der Waals surface area contributed by atoms with Crippen LogP contribution in [-0.2, 0) is 5.41 Å². The van der Waals surface area contributed by atoms with Gasteiger partial charge in [-0.3, -0.25) is 0 Å². The van der Waals surface area contributed by atoms with E-state index in [4.69, 9.17) is 0 Å². The molecule has 1 aliphatic rings. The van der Waals surface area contributed by atoms with Crippen LogP contribution in [0.2, 0.25) is 0 Å². The Morgan fingerprint density at radius 1 is 0.304 bits per heavy atom. The Morgan fingerprint density at radius 2 is 0.804 bits per heavy atom. The quantitative estimate of drug-likeness (QED) is 0.161. The maximum atomic E-state index is 2.43. The summed E-state index contributed by atoms with van der Waals surface area (Å²) in [4.78, 5) is 2.43. The molecule has 1 nitrogen and oxygen atoms in total. The van der Waals surface area contributed by atoms with Gasteiger partial charge in [-0.1, -0.05) is 159 Å². The molecule has 0 unspecified atom stereocenters. The molecule has 0 bridgehead atoms. The highest BCUT2D eigenvalue weighted by atomic mass is 15.1. The van der Waals surface area contributed by atoms with Crippen molar-refractivity contribution in [2.45, 2.75) is 19.3 Å². The summed E-state index contributed by atoms with van der Waals surface area (Å²) in [7, 11) is 0. The van der Waals surface area contributed by atoms with Gasteiger partial charge in [-0.05, 0) is 142 Å². The van der Waals surface area contributed by atoms with Crippen molar-refractivity contribution < 1.29 is 0 Å². The van der Waals surface area contributed by atoms with E-state index in [1.165, 1.54) is 87.6 Å². The standard InChI is InChI=1S/C55H39N/c1-55(2)53-19-11-10-18-49(53)50-29-26-46(35-54(50)55)56(44-24-22-36-12-6-7-15-38(36)31-44)45-25-28-48-43(32-45)21-20-41-30-42(23-27-47(41)48)52-34-40-17-9-8-16-39(40)33-51(52)37-13-4-3-5-14-37/h3-35H,1-2H3. The average molecular weight is 714 g/mol. The Balaban J connectivity index is 1.05. The van der Waals surface area contributed by atoms with E-state index in [-0.39, 0.29) is 5.41 Å². The molecule has 0 N–H and O–H groups in total. The van der Waals surface area contributed by atoms with Crippen LogP contribution in [0.25, 0.3) is 76.5 Å². The summed E-state index contributed by atoms with van der Waals surface area (Å²) in [6.45, 7) is 4.72. The molecule has 11 rings (SSSR count). The van der Waals surface area contributed by atoms with E-state index >= 15 is 0 Å². The van der Waals surface area contributed by atoms with E-state index < -0.39 is 0 Å². The highest BCUT2D eigenvalue weighted by Gasteiger charge is 2.35. The third-order valence-electron chi connectivity index (χ3n) is 12.2. The van der Waals surface area contributed by atoms with Crippen LogP contribution >= 0.6 is 0 Å². The first-order valence-electron chi connectivity index (χ1n) is 19.6. The molecule has 1 heteroatoms. The SMILES string of the molecule is CC1(C)c2ccccc2-c2ccc(N(c3ccc4ccccc4c3)c3ccc4c(ccc5cc(-c6cc7ccccc7cc6-c6ccccc6)ccc54)c3)cc21. The summed E-state index contributed by atoms with van der Waals surface area (Å²) >= 11 is 0. The summed E-state index contributed by atoms with van der Waals surface area (Å²) in [5.74, 6) is 0. The molecule has 0 heterocycles. The number of benzene rings is 10. The zero-order valence-corrected chi connectivity index (χ0v) is 31.5. The van der Waals surface area contributed by atoms with Gasteiger partial charge in [0.1, 0.15) is 0 Å². The van der Waals surface area contributed by atoms with E-state index in [9.17, 15) is 0 Å². The van der Waals surface area contributed by atoms with Gasteiger partial charge in [0.2, 0.25) is 0 Å². The topological polar surface area (TPSA) is 3.24 Å². The maximum absolute atomic E-state index is 2.43. The summed E-state index contributed by atoms with van der Waals surface area (Å²) in [5.41, 5.74) is 13.7. The molecule has 0 aliphatic heterocycles. The Hall–Kier alpha value is -6.96.